The van der Waals surface area contributed by atoms with Crippen LogP contribution in [0.25, 0.3) is 0 Å². The predicted octanol–water partition coefficient (Wildman–Crippen LogP) is 2.74. The molecule has 0 atom stereocenters. The first-order valence-electron chi connectivity index (χ1n) is 6.63. The van der Waals surface area contributed by atoms with Crippen molar-refractivity contribution in [1.29, 1.82) is 0 Å². The monoisotopic (exact) mass is 214 g/mol. The highest BCUT2D eigenvalue weighted by Crippen LogP contribution is 1.96. The van der Waals surface area contributed by atoms with Crippen LogP contribution >= 0.6 is 0 Å². The van der Waals surface area contributed by atoms with Crippen molar-refractivity contribution in [3.8, 4) is 0 Å². The first kappa shape index (κ1) is 14.9. The third-order valence-electron chi connectivity index (χ3n) is 2.62. The third-order valence-corrected chi connectivity index (χ3v) is 2.62. The normalized spacial score (nSPS) is 11.6. The van der Waals surface area contributed by atoms with Crippen molar-refractivity contribution in [1.82, 2.24) is 10.2 Å². The van der Waals surface area contributed by atoms with Gasteiger partial charge in [-0.25, -0.2) is 0 Å². The van der Waals surface area contributed by atoms with Gasteiger partial charge in [-0.15, -0.1) is 0 Å². The SMILES string of the molecule is CCCN(CC)CCCCNCC(C)C. The van der Waals surface area contributed by atoms with Crippen molar-refractivity contribution in [3.05, 3.63) is 0 Å². The number of rotatable bonds is 10. The van der Waals surface area contributed by atoms with Crippen LogP contribution in [0.4, 0.5) is 0 Å². The third kappa shape index (κ3) is 10.2. The van der Waals surface area contributed by atoms with E-state index >= 15 is 0 Å². The molecule has 0 aromatic heterocycles. The van der Waals surface area contributed by atoms with Gasteiger partial charge >= 0.3 is 0 Å². The molecule has 0 aromatic carbocycles. The molecule has 15 heavy (non-hydrogen) atoms. The Morgan fingerprint density at radius 1 is 1.07 bits per heavy atom. The standard InChI is InChI=1S/C13H30N2/c1-5-10-15(6-2)11-8-7-9-14-12-13(3)4/h13-14H,5-12H2,1-4H3. The molecule has 0 spiro atoms. The molecule has 0 heterocycles. The van der Waals surface area contributed by atoms with Crippen molar-refractivity contribution >= 4 is 0 Å². The van der Waals surface area contributed by atoms with Gasteiger partial charge in [-0.2, -0.15) is 0 Å². The average molecular weight is 214 g/mol. The first-order valence-corrected chi connectivity index (χ1v) is 6.63. The van der Waals surface area contributed by atoms with E-state index in [1.54, 1.807) is 0 Å². The Labute approximate surface area is 96.4 Å². The maximum absolute atomic E-state index is 3.49. The van der Waals surface area contributed by atoms with E-state index in [1.807, 2.05) is 0 Å². The number of unbranched alkanes of at least 4 members (excludes halogenated alkanes) is 1. The van der Waals surface area contributed by atoms with E-state index in [9.17, 15) is 0 Å². The van der Waals surface area contributed by atoms with Gasteiger partial charge in [-0.1, -0.05) is 27.7 Å². The second-order valence-electron chi connectivity index (χ2n) is 4.74. The molecular formula is C13H30N2. The fraction of sp³-hybridized carbons (Fsp3) is 1.00. The van der Waals surface area contributed by atoms with Crippen LogP contribution in [0.2, 0.25) is 0 Å². The average Bonchev–Trinajstić information content (AvgIpc) is 2.21. The maximum atomic E-state index is 3.49. The second kappa shape index (κ2) is 10.4. The van der Waals surface area contributed by atoms with Crippen LogP contribution in [-0.2, 0) is 0 Å². The number of hydrogen-bond donors (Lipinski definition) is 1. The number of nitrogens with zero attached hydrogens (tertiary/aromatic N) is 1. The van der Waals surface area contributed by atoms with E-state index < -0.39 is 0 Å². The van der Waals surface area contributed by atoms with Crippen LogP contribution in [0, 0.1) is 5.92 Å². The molecule has 0 saturated carbocycles. The Bertz CT molecular complexity index is 124. The molecule has 0 bridgehead atoms. The van der Waals surface area contributed by atoms with Crippen LogP contribution in [0.15, 0.2) is 0 Å². The van der Waals surface area contributed by atoms with Gasteiger partial charge in [0, 0.05) is 0 Å². The molecule has 0 aliphatic rings. The van der Waals surface area contributed by atoms with Crippen molar-refractivity contribution in [2.75, 3.05) is 32.7 Å². The number of nitrogens with one attached hydrogen (secondary N) is 1. The Kier molecular flexibility index (Phi) is 10.4. The Hall–Kier alpha value is -0.0800. The molecular weight excluding hydrogens is 184 g/mol. The van der Waals surface area contributed by atoms with Gasteiger partial charge in [0.2, 0.25) is 0 Å². The van der Waals surface area contributed by atoms with Crippen molar-refractivity contribution in [2.45, 2.75) is 47.0 Å². The Morgan fingerprint density at radius 3 is 2.33 bits per heavy atom. The predicted molar refractivity (Wildman–Crippen MR) is 69.3 cm³/mol. The van der Waals surface area contributed by atoms with Crippen LogP contribution in [0.5, 0.6) is 0 Å². The molecule has 0 radical (unpaired) electrons. The molecule has 92 valence electrons. The van der Waals surface area contributed by atoms with E-state index in [1.165, 1.54) is 45.4 Å². The molecule has 0 unspecified atom stereocenters. The van der Waals surface area contributed by atoms with Crippen molar-refractivity contribution in [3.63, 3.8) is 0 Å². The summed E-state index contributed by atoms with van der Waals surface area (Å²) >= 11 is 0. The van der Waals surface area contributed by atoms with Gasteiger partial charge in [0.05, 0.1) is 0 Å². The van der Waals surface area contributed by atoms with Gasteiger partial charge in [0.15, 0.2) is 0 Å². The fourth-order valence-corrected chi connectivity index (χ4v) is 1.72. The molecule has 0 aliphatic carbocycles. The lowest BCUT2D eigenvalue weighted by atomic mass is 10.2. The zero-order valence-corrected chi connectivity index (χ0v) is 11.2. The second-order valence-corrected chi connectivity index (χ2v) is 4.74. The molecule has 2 heteroatoms. The summed E-state index contributed by atoms with van der Waals surface area (Å²) in [4.78, 5) is 2.54. The molecule has 2 nitrogen and oxygen atoms in total. The lowest BCUT2D eigenvalue weighted by molar-refractivity contribution is 0.282. The lowest BCUT2D eigenvalue weighted by Crippen LogP contribution is -2.26. The highest BCUT2D eigenvalue weighted by atomic mass is 15.1. The maximum Gasteiger partial charge on any atom is -0.00184 e. The van der Waals surface area contributed by atoms with Crippen LogP contribution < -0.4 is 5.32 Å². The highest BCUT2D eigenvalue weighted by molar-refractivity contribution is 4.56. The molecule has 0 rings (SSSR count). The summed E-state index contributed by atoms with van der Waals surface area (Å²) in [6, 6.07) is 0. The molecule has 0 fully saturated rings. The summed E-state index contributed by atoms with van der Waals surface area (Å²) in [6.45, 7) is 15.1. The van der Waals surface area contributed by atoms with E-state index in [0.717, 1.165) is 12.5 Å². The van der Waals surface area contributed by atoms with Crippen LogP contribution in [-0.4, -0.2) is 37.6 Å². The molecule has 0 saturated heterocycles. The summed E-state index contributed by atoms with van der Waals surface area (Å²) in [5, 5.41) is 3.49. The minimum Gasteiger partial charge on any atom is -0.316 e. The van der Waals surface area contributed by atoms with Crippen LogP contribution in [0.3, 0.4) is 0 Å². The van der Waals surface area contributed by atoms with Crippen LogP contribution in [0.1, 0.15) is 47.0 Å². The van der Waals surface area contributed by atoms with Gasteiger partial charge in [-0.3, -0.25) is 0 Å². The van der Waals surface area contributed by atoms with E-state index in [0.29, 0.717) is 0 Å². The van der Waals surface area contributed by atoms with Crippen molar-refractivity contribution in [2.24, 2.45) is 5.92 Å². The van der Waals surface area contributed by atoms with Crippen molar-refractivity contribution < 1.29 is 0 Å². The minimum atomic E-state index is 0.775. The smallest absolute Gasteiger partial charge is 0.00184 e. The summed E-state index contributed by atoms with van der Waals surface area (Å²) in [7, 11) is 0. The largest absolute Gasteiger partial charge is 0.316 e. The molecule has 0 aliphatic heterocycles. The quantitative estimate of drug-likeness (QED) is 0.563. The Balaban J connectivity index is 3.21. The minimum absolute atomic E-state index is 0.775. The Morgan fingerprint density at radius 2 is 1.80 bits per heavy atom. The van der Waals surface area contributed by atoms with E-state index in [2.05, 4.69) is 37.9 Å². The fourth-order valence-electron chi connectivity index (χ4n) is 1.72. The zero-order valence-electron chi connectivity index (χ0n) is 11.2. The van der Waals surface area contributed by atoms with E-state index in [-0.39, 0.29) is 0 Å². The topological polar surface area (TPSA) is 15.3 Å². The molecule has 0 aromatic rings. The lowest BCUT2D eigenvalue weighted by Gasteiger charge is -2.19. The van der Waals surface area contributed by atoms with Gasteiger partial charge in [-0.05, 0) is 57.9 Å². The van der Waals surface area contributed by atoms with Gasteiger partial charge in [0.1, 0.15) is 0 Å². The summed E-state index contributed by atoms with van der Waals surface area (Å²) in [5.74, 6) is 0.775. The highest BCUT2D eigenvalue weighted by Gasteiger charge is 1.99. The van der Waals surface area contributed by atoms with Gasteiger partial charge < -0.3 is 10.2 Å². The summed E-state index contributed by atoms with van der Waals surface area (Å²) < 4.78 is 0. The van der Waals surface area contributed by atoms with Gasteiger partial charge in [0.25, 0.3) is 0 Å². The number of hydrogen-bond acceptors (Lipinski definition) is 2. The first-order chi connectivity index (χ1) is 7.20. The zero-order chi connectivity index (χ0) is 11.5. The molecule has 0 amide bonds. The molecule has 1 N–H and O–H groups in total. The van der Waals surface area contributed by atoms with E-state index in [4.69, 9.17) is 0 Å². The summed E-state index contributed by atoms with van der Waals surface area (Å²) in [5.41, 5.74) is 0. The summed E-state index contributed by atoms with van der Waals surface area (Å²) in [6.07, 6.45) is 3.92.